The molecular formula is C11H11N5O4. The summed E-state index contributed by atoms with van der Waals surface area (Å²) in [7, 11) is 0. The van der Waals surface area contributed by atoms with Gasteiger partial charge in [-0.25, -0.2) is 4.98 Å². The minimum atomic E-state index is -0.687. The van der Waals surface area contributed by atoms with Gasteiger partial charge in [0.25, 0.3) is 11.6 Å². The maximum absolute atomic E-state index is 12.0. The van der Waals surface area contributed by atoms with Gasteiger partial charge in [0.1, 0.15) is 23.5 Å². The molecule has 1 atom stereocenters. The van der Waals surface area contributed by atoms with Crippen molar-refractivity contribution in [2.24, 2.45) is 0 Å². The summed E-state index contributed by atoms with van der Waals surface area (Å²) in [5.41, 5.74) is -0.605. The van der Waals surface area contributed by atoms with Gasteiger partial charge < -0.3 is 10.4 Å². The number of nitro benzene ring substituents is 1. The Morgan fingerprint density at radius 2 is 2.30 bits per heavy atom. The van der Waals surface area contributed by atoms with Crippen LogP contribution in [-0.4, -0.2) is 31.1 Å². The van der Waals surface area contributed by atoms with Crippen LogP contribution in [0.15, 0.2) is 24.5 Å². The average Bonchev–Trinajstić information content (AvgIpc) is 2.92. The fourth-order valence-electron chi connectivity index (χ4n) is 1.63. The second-order valence-electron chi connectivity index (χ2n) is 4.02. The quantitative estimate of drug-likeness (QED) is 0.561. The molecule has 0 radical (unpaired) electrons. The number of nitrogens with one attached hydrogen (secondary N) is 2. The SMILES string of the molecule is CC(NC(=O)c1cc(O)ccc1[N+](=O)[O-])c1ncn[nH]1. The molecule has 1 heterocycles. The molecule has 0 aliphatic carbocycles. The van der Waals surface area contributed by atoms with E-state index in [-0.39, 0.29) is 17.0 Å². The molecule has 3 N–H and O–H groups in total. The topological polar surface area (TPSA) is 134 Å². The van der Waals surface area contributed by atoms with Gasteiger partial charge in [-0.3, -0.25) is 20.0 Å². The van der Waals surface area contributed by atoms with Crippen molar-refractivity contribution in [1.82, 2.24) is 20.5 Å². The van der Waals surface area contributed by atoms with Crippen molar-refractivity contribution in [1.29, 1.82) is 0 Å². The van der Waals surface area contributed by atoms with Gasteiger partial charge in [0, 0.05) is 6.07 Å². The predicted octanol–water partition coefficient (Wildman–Crippen LogP) is 0.909. The molecule has 1 aromatic carbocycles. The van der Waals surface area contributed by atoms with Crippen molar-refractivity contribution in [2.75, 3.05) is 0 Å². The Balaban J connectivity index is 2.25. The number of nitro groups is 1. The highest BCUT2D eigenvalue weighted by Gasteiger charge is 2.22. The van der Waals surface area contributed by atoms with Crippen LogP contribution >= 0.6 is 0 Å². The van der Waals surface area contributed by atoms with Crippen molar-refractivity contribution in [3.63, 3.8) is 0 Å². The standard InChI is InChI=1S/C11H11N5O4/c1-6(10-12-5-13-15-10)14-11(18)8-4-7(17)2-3-9(8)16(19)20/h2-6,17H,1H3,(H,14,18)(H,12,13,15). The van der Waals surface area contributed by atoms with Gasteiger partial charge in [-0.05, 0) is 19.1 Å². The van der Waals surface area contributed by atoms with E-state index in [1.54, 1.807) is 6.92 Å². The van der Waals surface area contributed by atoms with Crippen LogP contribution in [-0.2, 0) is 0 Å². The second-order valence-corrected chi connectivity index (χ2v) is 4.02. The van der Waals surface area contributed by atoms with Crippen LogP contribution in [0.3, 0.4) is 0 Å². The van der Waals surface area contributed by atoms with Gasteiger partial charge in [0.15, 0.2) is 0 Å². The first-order valence-corrected chi connectivity index (χ1v) is 5.62. The van der Waals surface area contributed by atoms with E-state index in [4.69, 9.17) is 0 Å². The minimum absolute atomic E-state index is 0.221. The van der Waals surface area contributed by atoms with E-state index in [2.05, 4.69) is 20.5 Å². The highest BCUT2D eigenvalue weighted by Crippen LogP contribution is 2.23. The van der Waals surface area contributed by atoms with Gasteiger partial charge in [-0.1, -0.05) is 0 Å². The normalized spacial score (nSPS) is 11.8. The molecule has 0 bridgehead atoms. The Bertz CT molecular complexity index is 640. The lowest BCUT2D eigenvalue weighted by atomic mass is 10.1. The number of hydrogen-bond donors (Lipinski definition) is 3. The summed E-state index contributed by atoms with van der Waals surface area (Å²) in [5.74, 6) is -0.495. The second kappa shape index (κ2) is 5.34. The van der Waals surface area contributed by atoms with Crippen LogP contribution in [0.25, 0.3) is 0 Å². The molecule has 1 unspecified atom stereocenters. The van der Waals surface area contributed by atoms with Gasteiger partial charge in [0.05, 0.1) is 11.0 Å². The molecule has 9 heteroatoms. The summed E-state index contributed by atoms with van der Waals surface area (Å²) in [6.07, 6.45) is 1.29. The summed E-state index contributed by atoms with van der Waals surface area (Å²) in [4.78, 5) is 26.1. The van der Waals surface area contributed by atoms with E-state index in [1.807, 2.05) is 0 Å². The Kier molecular flexibility index (Phi) is 3.60. The molecule has 9 nitrogen and oxygen atoms in total. The number of H-pyrrole nitrogens is 1. The van der Waals surface area contributed by atoms with E-state index in [0.717, 1.165) is 18.2 Å². The van der Waals surface area contributed by atoms with E-state index < -0.39 is 16.9 Å². The third kappa shape index (κ3) is 2.71. The van der Waals surface area contributed by atoms with E-state index in [9.17, 15) is 20.0 Å². The van der Waals surface area contributed by atoms with Crippen LogP contribution in [0, 0.1) is 10.1 Å². The zero-order chi connectivity index (χ0) is 14.7. The fraction of sp³-hybridized carbons (Fsp3) is 0.182. The summed E-state index contributed by atoms with van der Waals surface area (Å²) in [6.45, 7) is 1.65. The molecular weight excluding hydrogens is 266 g/mol. The molecule has 2 aromatic rings. The molecule has 20 heavy (non-hydrogen) atoms. The molecule has 0 saturated heterocycles. The first kappa shape index (κ1) is 13.5. The number of aromatic amines is 1. The van der Waals surface area contributed by atoms with Gasteiger partial charge in [0.2, 0.25) is 0 Å². The van der Waals surface area contributed by atoms with Crippen LogP contribution in [0.1, 0.15) is 29.1 Å². The highest BCUT2D eigenvalue weighted by molar-refractivity contribution is 5.98. The van der Waals surface area contributed by atoms with Gasteiger partial charge >= 0.3 is 0 Å². The number of aromatic nitrogens is 3. The number of amides is 1. The van der Waals surface area contributed by atoms with E-state index in [1.165, 1.54) is 6.33 Å². The molecule has 1 aromatic heterocycles. The first-order valence-electron chi connectivity index (χ1n) is 5.62. The average molecular weight is 277 g/mol. The first-order chi connectivity index (χ1) is 9.49. The smallest absolute Gasteiger partial charge is 0.282 e. The van der Waals surface area contributed by atoms with Crippen molar-refractivity contribution in [2.45, 2.75) is 13.0 Å². The van der Waals surface area contributed by atoms with Crippen molar-refractivity contribution in [3.05, 3.63) is 46.0 Å². The highest BCUT2D eigenvalue weighted by atomic mass is 16.6. The van der Waals surface area contributed by atoms with Crippen LogP contribution in [0.5, 0.6) is 5.75 Å². The van der Waals surface area contributed by atoms with E-state index in [0.29, 0.717) is 5.82 Å². The molecule has 0 aliphatic rings. The monoisotopic (exact) mass is 277 g/mol. The summed E-state index contributed by atoms with van der Waals surface area (Å²) in [5, 5.41) is 29.0. The number of rotatable bonds is 4. The Morgan fingerprint density at radius 1 is 1.55 bits per heavy atom. The molecule has 0 spiro atoms. The third-order valence-electron chi connectivity index (χ3n) is 2.61. The maximum Gasteiger partial charge on any atom is 0.282 e. The minimum Gasteiger partial charge on any atom is -0.508 e. The van der Waals surface area contributed by atoms with Crippen LogP contribution < -0.4 is 5.32 Å². The van der Waals surface area contributed by atoms with Gasteiger partial charge in [-0.15, -0.1) is 0 Å². The Labute approximate surface area is 112 Å². The third-order valence-corrected chi connectivity index (χ3v) is 2.61. The number of phenolic OH excluding ortho intramolecular Hbond substituents is 1. The summed E-state index contributed by atoms with van der Waals surface area (Å²) >= 11 is 0. The van der Waals surface area contributed by atoms with Crippen molar-refractivity contribution >= 4 is 11.6 Å². The van der Waals surface area contributed by atoms with Crippen LogP contribution in [0.2, 0.25) is 0 Å². The molecule has 2 rings (SSSR count). The van der Waals surface area contributed by atoms with E-state index >= 15 is 0 Å². The summed E-state index contributed by atoms with van der Waals surface area (Å²) in [6, 6.07) is 2.76. The number of benzene rings is 1. The largest absolute Gasteiger partial charge is 0.508 e. The number of phenols is 1. The number of carbonyl (C=O) groups is 1. The molecule has 0 saturated carbocycles. The van der Waals surface area contributed by atoms with Crippen molar-refractivity contribution in [3.8, 4) is 5.75 Å². The molecule has 104 valence electrons. The molecule has 0 fully saturated rings. The number of carbonyl (C=O) groups excluding carboxylic acids is 1. The Morgan fingerprint density at radius 3 is 2.90 bits per heavy atom. The molecule has 1 amide bonds. The predicted molar refractivity (Wildman–Crippen MR) is 67.0 cm³/mol. The number of hydrogen-bond acceptors (Lipinski definition) is 6. The maximum atomic E-state index is 12.0. The Hall–Kier alpha value is -2.97. The number of aromatic hydroxyl groups is 1. The van der Waals surface area contributed by atoms with Gasteiger partial charge in [-0.2, -0.15) is 5.10 Å². The lowest BCUT2D eigenvalue weighted by Crippen LogP contribution is -2.28. The fourth-order valence-corrected chi connectivity index (χ4v) is 1.63. The zero-order valence-electron chi connectivity index (χ0n) is 10.4. The lowest BCUT2D eigenvalue weighted by molar-refractivity contribution is -0.385. The van der Waals surface area contributed by atoms with Crippen molar-refractivity contribution < 1.29 is 14.8 Å². The molecule has 0 aliphatic heterocycles. The lowest BCUT2D eigenvalue weighted by Gasteiger charge is -2.11. The van der Waals surface area contributed by atoms with Crippen LogP contribution in [0.4, 0.5) is 5.69 Å². The summed E-state index contributed by atoms with van der Waals surface area (Å²) < 4.78 is 0. The zero-order valence-corrected chi connectivity index (χ0v) is 10.4. The number of nitrogens with zero attached hydrogens (tertiary/aromatic N) is 3.